The molecule has 1 aliphatic rings. The van der Waals surface area contributed by atoms with Crippen LogP contribution in [0.25, 0.3) is 10.2 Å². The van der Waals surface area contributed by atoms with Crippen LogP contribution < -0.4 is 10.2 Å². The zero-order valence-corrected chi connectivity index (χ0v) is 15.5. The van der Waals surface area contributed by atoms with Crippen LogP contribution in [0.3, 0.4) is 0 Å². The van der Waals surface area contributed by atoms with Crippen molar-refractivity contribution in [2.75, 3.05) is 16.8 Å². The van der Waals surface area contributed by atoms with Gasteiger partial charge in [-0.1, -0.05) is 12.1 Å². The number of carboxylic acids is 1. The lowest BCUT2D eigenvalue weighted by atomic mass is 10.1. The van der Waals surface area contributed by atoms with Gasteiger partial charge >= 0.3 is 5.97 Å². The molecule has 0 bridgehead atoms. The van der Waals surface area contributed by atoms with Crippen LogP contribution in [0.5, 0.6) is 0 Å². The summed E-state index contributed by atoms with van der Waals surface area (Å²) in [5, 5.41) is 15.4. The number of carbonyl (C=O) groups is 1. The first-order valence-electron chi connectivity index (χ1n) is 8.61. The van der Waals surface area contributed by atoms with E-state index in [0.717, 1.165) is 45.3 Å². The van der Waals surface area contributed by atoms with Gasteiger partial charge in [-0.3, -0.25) is 4.79 Å². The Morgan fingerprint density at radius 1 is 1.35 bits per heavy atom. The van der Waals surface area contributed by atoms with Crippen LogP contribution in [0.4, 0.5) is 17.5 Å². The summed E-state index contributed by atoms with van der Waals surface area (Å²) < 4.78 is 0. The number of hydrogen-bond donors (Lipinski definition) is 2. The molecule has 1 atom stereocenters. The molecule has 1 fully saturated rings. The highest BCUT2D eigenvalue weighted by atomic mass is 32.1. The number of thiophene rings is 1. The molecule has 134 valence electrons. The summed E-state index contributed by atoms with van der Waals surface area (Å²) in [6, 6.07) is 7.90. The second-order valence-corrected chi connectivity index (χ2v) is 7.55. The van der Waals surface area contributed by atoms with Gasteiger partial charge in [0.15, 0.2) is 0 Å². The van der Waals surface area contributed by atoms with E-state index in [1.54, 1.807) is 11.3 Å². The van der Waals surface area contributed by atoms with E-state index < -0.39 is 5.97 Å². The van der Waals surface area contributed by atoms with Crippen LogP contribution in [-0.4, -0.2) is 33.6 Å². The maximum atomic E-state index is 10.8. The number of carboxylic acid groups (broad SMARTS) is 1. The molecule has 7 heteroatoms. The average molecular weight is 368 g/mol. The van der Waals surface area contributed by atoms with Gasteiger partial charge in [-0.05, 0) is 48.9 Å². The van der Waals surface area contributed by atoms with Crippen molar-refractivity contribution in [1.82, 2.24) is 9.97 Å². The highest BCUT2D eigenvalue weighted by molar-refractivity contribution is 7.17. The largest absolute Gasteiger partial charge is 0.481 e. The molecule has 1 aliphatic heterocycles. The summed E-state index contributed by atoms with van der Waals surface area (Å²) in [5.74, 6) is 0.738. The highest BCUT2D eigenvalue weighted by Crippen LogP contribution is 2.34. The normalized spacial score (nSPS) is 16.5. The van der Waals surface area contributed by atoms with Gasteiger partial charge in [0.25, 0.3) is 0 Å². The number of hydrogen-bond acceptors (Lipinski definition) is 6. The van der Waals surface area contributed by atoms with Crippen molar-refractivity contribution >= 4 is 45.0 Å². The molecule has 1 aromatic carbocycles. The lowest BCUT2D eigenvalue weighted by molar-refractivity contribution is -0.136. The number of nitrogens with zero attached hydrogens (tertiary/aromatic N) is 3. The Labute approximate surface area is 155 Å². The van der Waals surface area contributed by atoms with Gasteiger partial charge in [-0.2, -0.15) is 4.98 Å². The molecule has 1 saturated heterocycles. The Morgan fingerprint density at radius 2 is 2.12 bits per heavy atom. The first-order valence-corrected chi connectivity index (χ1v) is 9.49. The van der Waals surface area contributed by atoms with E-state index in [2.05, 4.69) is 29.4 Å². The minimum Gasteiger partial charge on any atom is -0.481 e. The second kappa shape index (κ2) is 6.57. The predicted octanol–water partition coefficient (Wildman–Crippen LogP) is 3.97. The number of aryl methyl sites for hydroxylation is 1. The molecule has 0 saturated carbocycles. The summed E-state index contributed by atoms with van der Waals surface area (Å²) in [6.07, 6.45) is 1.19. The number of aliphatic carboxylic acids is 1. The fraction of sp³-hybridized carbons (Fsp3) is 0.316. The average Bonchev–Trinajstić information content (AvgIpc) is 2.96. The molecule has 0 aliphatic carbocycles. The lowest BCUT2D eigenvalue weighted by Crippen LogP contribution is -2.46. The lowest BCUT2D eigenvalue weighted by Gasteiger charge is -2.38. The molecule has 0 radical (unpaired) electrons. The monoisotopic (exact) mass is 368 g/mol. The molecule has 4 rings (SSSR count). The van der Waals surface area contributed by atoms with Crippen LogP contribution in [0.1, 0.15) is 24.5 Å². The summed E-state index contributed by atoms with van der Waals surface area (Å²) in [5.41, 5.74) is 2.81. The van der Waals surface area contributed by atoms with Crippen LogP contribution in [0.2, 0.25) is 0 Å². The van der Waals surface area contributed by atoms with E-state index in [1.807, 2.05) is 24.3 Å². The maximum absolute atomic E-state index is 10.8. The van der Waals surface area contributed by atoms with Gasteiger partial charge in [-0.25, -0.2) is 4.98 Å². The molecule has 0 unspecified atom stereocenters. The highest BCUT2D eigenvalue weighted by Gasteiger charge is 2.27. The number of fused-ring (bicyclic) bond motifs is 1. The van der Waals surface area contributed by atoms with Crippen molar-refractivity contribution in [1.29, 1.82) is 0 Å². The Bertz CT molecular complexity index is 968. The van der Waals surface area contributed by atoms with Crippen LogP contribution in [0.15, 0.2) is 29.6 Å². The molecule has 0 amide bonds. The molecule has 3 heterocycles. The second-order valence-electron chi connectivity index (χ2n) is 6.69. The summed E-state index contributed by atoms with van der Waals surface area (Å²) in [7, 11) is 0. The van der Waals surface area contributed by atoms with Crippen molar-refractivity contribution in [3.05, 3.63) is 40.8 Å². The van der Waals surface area contributed by atoms with E-state index >= 15 is 0 Å². The number of nitrogens with one attached hydrogen (secondary N) is 1. The molecule has 6 nitrogen and oxygen atoms in total. The maximum Gasteiger partial charge on any atom is 0.307 e. The van der Waals surface area contributed by atoms with Crippen molar-refractivity contribution < 1.29 is 9.90 Å². The zero-order chi connectivity index (χ0) is 18.3. The minimum atomic E-state index is -0.828. The number of rotatable bonds is 5. The molecule has 0 spiro atoms. The first-order chi connectivity index (χ1) is 12.5. The Balaban J connectivity index is 1.68. The van der Waals surface area contributed by atoms with Gasteiger partial charge < -0.3 is 15.3 Å². The Morgan fingerprint density at radius 3 is 2.73 bits per heavy atom. The number of benzene rings is 1. The first kappa shape index (κ1) is 16.8. The van der Waals surface area contributed by atoms with E-state index in [1.165, 1.54) is 6.42 Å². The molecular formula is C19H20N4O2S. The van der Waals surface area contributed by atoms with Crippen molar-refractivity contribution in [3.63, 3.8) is 0 Å². The van der Waals surface area contributed by atoms with Crippen molar-refractivity contribution in [2.45, 2.75) is 32.7 Å². The predicted molar refractivity (Wildman–Crippen MR) is 105 cm³/mol. The van der Waals surface area contributed by atoms with Gasteiger partial charge in [0.2, 0.25) is 5.95 Å². The number of aromatic nitrogens is 2. The third kappa shape index (κ3) is 3.10. The van der Waals surface area contributed by atoms with Gasteiger partial charge in [0, 0.05) is 18.3 Å². The van der Waals surface area contributed by atoms with Gasteiger partial charge in [-0.15, -0.1) is 11.3 Å². The quantitative estimate of drug-likeness (QED) is 0.709. The van der Waals surface area contributed by atoms with Gasteiger partial charge in [0.05, 0.1) is 11.8 Å². The SMILES string of the molecule is Cc1csc2nc(N3CC[C@@H]3C)nc(Nc3ccc(CC(=O)O)cc3)c12. The molecule has 2 aromatic heterocycles. The Hall–Kier alpha value is -2.67. The molecule has 2 N–H and O–H groups in total. The van der Waals surface area contributed by atoms with E-state index in [9.17, 15) is 4.79 Å². The van der Waals surface area contributed by atoms with Crippen molar-refractivity contribution in [2.24, 2.45) is 0 Å². The summed E-state index contributed by atoms with van der Waals surface area (Å²) >= 11 is 1.63. The van der Waals surface area contributed by atoms with Gasteiger partial charge in [0.1, 0.15) is 10.6 Å². The van der Waals surface area contributed by atoms with Crippen LogP contribution in [0, 0.1) is 6.92 Å². The molecular weight excluding hydrogens is 348 g/mol. The fourth-order valence-electron chi connectivity index (χ4n) is 3.12. The van der Waals surface area contributed by atoms with E-state index in [0.29, 0.717) is 6.04 Å². The minimum absolute atomic E-state index is 0.0265. The van der Waals surface area contributed by atoms with E-state index in [4.69, 9.17) is 15.1 Å². The molecule has 26 heavy (non-hydrogen) atoms. The standard InChI is InChI=1S/C19H20N4O2S/c1-11-10-26-18-16(11)17(21-19(22-18)23-8-7-12(23)2)20-14-5-3-13(4-6-14)9-15(24)25/h3-6,10,12H,7-9H2,1-2H3,(H,24,25)(H,20,21,22)/t12-/m0/s1. The smallest absolute Gasteiger partial charge is 0.307 e. The molecule has 3 aromatic rings. The van der Waals surface area contributed by atoms with Crippen molar-refractivity contribution in [3.8, 4) is 0 Å². The summed E-state index contributed by atoms with van der Waals surface area (Å²) in [6.45, 7) is 5.24. The summed E-state index contributed by atoms with van der Waals surface area (Å²) in [4.78, 5) is 23.6. The fourth-order valence-corrected chi connectivity index (χ4v) is 4.04. The number of anilines is 3. The Kier molecular flexibility index (Phi) is 4.24. The van der Waals surface area contributed by atoms with Crippen LogP contribution >= 0.6 is 11.3 Å². The third-order valence-corrected chi connectivity index (χ3v) is 5.74. The van der Waals surface area contributed by atoms with E-state index in [-0.39, 0.29) is 6.42 Å². The third-order valence-electron chi connectivity index (χ3n) is 4.75. The van der Waals surface area contributed by atoms with Crippen LogP contribution in [-0.2, 0) is 11.2 Å². The topological polar surface area (TPSA) is 78.4 Å². The zero-order valence-electron chi connectivity index (χ0n) is 14.7.